The van der Waals surface area contributed by atoms with Gasteiger partial charge in [-0.2, -0.15) is 0 Å². The summed E-state index contributed by atoms with van der Waals surface area (Å²) in [6.07, 6.45) is 1.81. The van der Waals surface area contributed by atoms with E-state index in [9.17, 15) is 9.59 Å². The van der Waals surface area contributed by atoms with Crippen molar-refractivity contribution in [2.45, 2.75) is 33.2 Å². The number of piperidine rings is 1. The number of fused-ring (bicyclic) bond motifs is 1. The first-order valence-corrected chi connectivity index (χ1v) is 11.2. The molecule has 7 nitrogen and oxygen atoms in total. The summed E-state index contributed by atoms with van der Waals surface area (Å²) in [6.45, 7) is 7.46. The second-order valence-electron chi connectivity index (χ2n) is 8.53. The van der Waals surface area contributed by atoms with Crippen molar-refractivity contribution in [3.05, 3.63) is 41.5 Å². The molecule has 7 heteroatoms. The van der Waals surface area contributed by atoms with E-state index in [1.807, 2.05) is 25.1 Å². The number of carbonyl (C=O) groups excluding carboxylic acids is 2. The van der Waals surface area contributed by atoms with E-state index in [0.717, 1.165) is 35.7 Å². The number of nitrogens with one attached hydrogen (secondary N) is 1. The summed E-state index contributed by atoms with van der Waals surface area (Å²) in [6, 6.07) is 9.68. The van der Waals surface area contributed by atoms with Gasteiger partial charge in [-0.1, -0.05) is 18.2 Å². The number of rotatable bonds is 9. The number of likely N-dealkylation sites (tertiary alicyclic amines) is 1. The second kappa shape index (κ2) is 10.8. The van der Waals surface area contributed by atoms with Gasteiger partial charge in [-0.3, -0.25) is 9.69 Å². The summed E-state index contributed by atoms with van der Waals surface area (Å²) >= 11 is 0. The molecule has 0 aliphatic carbocycles. The maximum Gasteiger partial charge on any atom is 0.338 e. The highest BCUT2D eigenvalue weighted by Crippen LogP contribution is 2.34. The molecule has 0 spiro atoms. The molecular weight excluding hydrogens is 408 g/mol. The van der Waals surface area contributed by atoms with Crippen LogP contribution in [0.4, 0.5) is 0 Å². The Kier molecular flexibility index (Phi) is 8.10. The van der Waals surface area contributed by atoms with Crippen molar-refractivity contribution in [3.8, 4) is 5.75 Å². The summed E-state index contributed by atoms with van der Waals surface area (Å²) in [5, 5.41) is 4.91. The van der Waals surface area contributed by atoms with Gasteiger partial charge in [0.05, 0.1) is 31.3 Å². The number of amides is 1. The van der Waals surface area contributed by atoms with Gasteiger partial charge in [-0.05, 0) is 56.3 Å². The summed E-state index contributed by atoms with van der Waals surface area (Å²) in [5.74, 6) is 0.359. The second-order valence-corrected chi connectivity index (χ2v) is 8.53. The van der Waals surface area contributed by atoms with Crippen molar-refractivity contribution in [2.24, 2.45) is 5.41 Å². The maximum absolute atomic E-state index is 12.8. The van der Waals surface area contributed by atoms with Crippen LogP contribution in [0.5, 0.6) is 5.75 Å². The summed E-state index contributed by atoms with van der Waals surface area (Å²) in [5.41, 5.74) is 1.13. The van der Waals surface area contributed by atoms with Crippen molar-refractivity contribution in [3.63, 3.8) is 0 Å². The van der Waals surface area contributed by atoms with Crippen LogP contribution in [0, 0.1) is 5.41 Å². The van der Waals surface area contributed by atoms with Crippen LogP contribution in [0.15, 0.2) is 30.3 Å². The molecule has 1 heterocycles. The SMILES string of the molecule is CCOC(=O)c1cc(OC)c2cccc(CN3CCCC(C)(C(=O)NCCOC)C3)c2c1. The van der Waals surface area contributed by atoms with Crippen molar-refractivity contribution in [1.29, 1.82) is 0 Å². The Balaban J connectivity index is 1.85. The molecule has 0 radical (unpaired) electrons. The molecule has 1 aliphatic rings. The molecule has 1 saturated heterocycles. The molecule has 1 N–H and O–H groups in total. The molecule has 1 fully saturated rings. The van der Waals surface area contributed by atoms with Crippen LogP contribution in [0.25, 0.3) is 10.8 Å². The lowest BCUT2D eigenvalue weighted by molar-refractivity contribution is -0.133. The quantitative estimate of drug-likeness (QED) is 0.474. The number of esters is 1. The highest BCUT2D eigenvalue weighted by Gasteiger charge is 2.37. The van der Waals surface area contributed by atoms with Crippen LogP contribution in [0.1, 0.15) is 42.6 Å². The fraction of sp³-hybridized carbons (Fsp3) is 0.520. The van der Waals surface area contributed by atoms with E-state index in [2.05, 4.69) is 16.3 Å². The van der Waals surface area contributed by atoms with Crippen molar-refractivity contribution in [2.75, 3.05) is 47.1 Å². The van der Waals surface area contributed by atoms with E-state index in [1.54, 1.807) is 27.2 Å². The molecule has 0 bridgehead atoms. The predicted octanol–water partition coefficient (Wildman–Crippen LogP) is 3.39. The van der Waals surface area contributed by atoms with Gasteiger partial charge in [-0.25, -0.2) is 4.79 Å². The maximum atomic E-state index is 12.8. The fourth-order valence-electron chi connectivity index (χ4n) is 4.44. The van der Waals surface area contributed by atoms with E-state index >= 15 is 0 Å². The standard InChI is InChI=1S/C25H34N2O5/c1-5-32-23(28)19-14-21-18(8-6-9-20(21)22(15-19)31-4)16-27-12-7-10-25(2,17-27)24(29)26-11-13-30-3/h6,8-9,14-15H,5,7,10-13,16-17H2,1-4H3,(H,26,29). The third kappa shape index (κ3) is 5.40. The Labute approximate surface area is 190 Å². The Hall–Kier alpha value is -2.64. The van der Waals surface area contributed by atoms with E-state index in [-0.39, 0.29) is 11.9 Å². The van der Waals surface area contributed by atoms with Crippen LogP contribution < -0.4 is 10.1 Å². The van der Waals surface area contributed by atoms with E-state index in [0.29, 0.717) is 44.2 Å². The third-order valence-electron chi connectivity index (χ3n) is 6.09. The number of nitrogens with zero attached hydrogens (tertiary/aromatic N) is 1. The van der Waals surface area contributed by atoms with Gasteiger partial charge in [0.2, 0.25) is 5.91 Å². The molecule has 0 aromatic heterocycles. The van der Waals surface area contributed by atoms with Gasteiger partial charge >= 0.3 is 5.97 Å². The van der Waals surface area contributed by atoms with Gasteiger partial charge < -0.3 is 19.5 Å². The monoisotopic (exact) mass is 442 g/mol. The molecule has 3 rings (SSSR count). The van der Waals surface area contributed by atoms with Crippen LogP contribution in [0.3, 0.4) is 0 Å². The average Bonchev–Trinajstić information content (AvgIpc) is 2.79. The van der Waals surface area contributed by atoms with Gasteiger partial charge in [0.1, 0.15) is 5.75 Å². The molecule has 1 atom stereocenters. The highest BCUT2D eigenvalue weighted by molar-refractivity contribution is 5.99. The molecular formula is C25H34N2O5. The number of benzene rings is 2. The molecule has 2 aromatic rings. The van der Waals surface area contributed by atoms with Gasteiger partial charge in [0.25, 0.3) is 0 Å². The van der Waals surface area contributed by atoms with Gasteiger partial charge in [0, 0.05) is 32.1 Å². The number of carbonyl (C=O) groups is 2. The number of methoxy groups -OCH3 is 2. The van der Waals surface area contributed by atoms with E-state index < -0.39 is 5.41 Å². The Morgan fingerprint density at radius 2 is 2.00 bits per heavy atom. The predicted molar refractivity (Wildman–Crippen MR) is 124 cm³/mol. The summed E-state index contributed by atoms with van der Waals surface area (Å²) in [4.78, 5) is 27.5. The zero-order valence-electron chi connectivity index (χ0n) is 19.5. The van der Waals surface area contributed by atoms with Crippen molar-refractivity contribution < 1.29 is 23.8 Å². The van der Waals surface area contributed by atoms with Crippen LogP contribution in [-0.2, 0) is 20.8 Å². The average molecular weight is 443 g/mol. The number of hydrogen-bond acceptors (Lipinski definition) is 6. The topological polar surface area (TPSA) is 77.1 Å². The molecule has 0 saturated carbocycles. The lowest BCUT2D eigenvalue weighted by Crippen LogP contribution is -2.50. The molecule has 32 heavy (non-hydrogen) atoms. The summed E-state index contributed by atoms with van der Waals surface area (Å²) in [7, 11) is 3.23. The normalized spacial score (nSPS) is 19.0. The van der Waals surface area contributed by atoms with Crippen molar-refractivity contribution in [1.82, 2.24) is 10.2 Å². The molecule has 174 valence electrons. The van der Waals surface area contributed by atoms with Crippen LogP contribution in [0.2, 0.25) is 0 Å². The van der Waals surface area contributed by atoms with Crippen LogP contribution in [-0.4, -0.2) is 63.8 Å². The minimum atomic E-state index is -0.440. The number of hydrogen-bond donors (Lipinski definition) is 1. The van der Waals surface area contributed by atoms with Gasteiger partial charge in [-0.15, -0.1) is 0 Å². The Morgan fingerprint density at radius 1 is 1.19 bits per heavy atom. The molecule has 2 aromatic carbocycles. The fourth-order valence-corrected chi connectivity index (χ4v) is 4.44. The summed E-state index contributed by atoms with van der Waals surface area (Å²) < 4.78 is 15.8. The van der Waals surface area contributed by atoms with Crippen molar-refractivity contribution >= 4 is 22.6 Å². The van der Waals surface area contributed by atoms with Gasteiger partial charge in [0.15, 0.2) is 0 Å². The van der Waals surface area contributed by atoms with E-state index in [4.69, 9.17) is 14.2 Å². The minimum Gasteiger partial charge on any atom is -0.496 e. The number of ether oxygens (including phenoxy) is 3. The van der Waals surface area contributed by atoms with Crippen LogP contribution >= 0.6 is 0 Å². The van der Waals surface area contributed by atoms with E-state index in [1.165, 1.54) is 0 Å². The largest absolute Gasteiger partial charge is 0.496 e. The zero-order chi connectivity index (χ0) is 23.1. The lowest BCUT2D eigenvalue weighted by Gasteiger charge is -2.39. The minimum absolute atomic E-state index is 0.0726. The first kappa shape index (κ1) is 24.0. The Morgan fingerprint density at radius 3 is 2.72 bits per heavy atom. The first-order chi connectivity index (χ1) is 15.4. The smallest absolute Gasteiger partial charge is 0.338 e. The molecule has 1 amide bonds. The highest BCUT2D eigenvalue weighted by atomic mass is 16.5. The zero-order valence-corrected chi connectivity index (χ0v) is 19.5. The Bertz CT molecular complexity index is 961. The third-order valence-corrected chi connectivity index (χ3v) is 6.09. The lowest BCUT2D eigenvalue weighted by atomic mass is 9.80. The molecule has 1 unspecified atom stereocenters. The molecule has 1 aliphatic heterocycles. The first-order valence-electron chi connectivity index (χ1n) is 11.2.